The van der Waals surface area contributed by atoms with Crippen molar-refractivity contribution in [3.63, 3.8) is 0 Å². The molecule has 0 saturated carbocycles. The molecule has 1 rings (SSSR count). The molecule has 120 valence electrons. The van der Waals surface area contributed by atoms with Crippen LogP contribution in [0.2, 0.25) is 0 Å². The predicted octanol–water partition coefficient (Wildman–Crippen LogP) is 2.14. The van der Waals surface area contributed by atoms with Crippen molar-refractivity contribution < 1.29 is 9.47 Å². The molecule has 0 aliphatic carbocycles. The SMILES string of the molecule is COCCOCCCCNC1CCN(CC(C)C)CC1. The van der Waals surface area contributed by atoms with Crippen molar-refractivity contribution in [1.82, 2.24) is 10.2 Å². The summed E-state index contributed by atoms with van der Waals surface area (Å²) >= 11 is 0. The lowest BCUT2D eigenvalue weighted by molar-refractivity contribution is 0.0686. The van der Waals surface area contributed by atoms with E-state index in [-0.39, 0.29) is 0 Å². The lowest BCUT2D eigenvalue weighted by Gasteiger charge is -2.33. The van der Waals surface area contributed by atoms with E-state index in [0.717, 1.165) is 38.1 Å². The quantitative estimate of drug-likeness (QED) is 0.590. The maximum atomic E-state index is 5.46. The first-order chi connectivity index (χ1) is 9.72. The third-order valence-corrected chi connectivity index (χ3v) is 3.79. The third-order valence-electron chi connectivity index (χ3n) is 3.79. The molecule has 0 aromatic rings. The lowest BCUT2D eigenvalue weighted by atomic mass is 10.0. The van der Waals surface area contributed by atoms with Gasteiger partial charge < -0.3 is 19.7 Å². The molecule has 0 aromatic heterocycles. The molecule has 1 N–H and O–H groups in total. The summed E-state index contributed by atoms with van der Waals surface area (Å²) in [6, 6.07) is 0.729. The fourth-order valence-electron chi connectivity index (χ4n) is 2.72. The van der Waals surface area contributed by atoms with Crippen molar-refractivity contribution in [2.24, 2.45) is 5.92 Å². The third kappa shape index (κ3) is 8.90. The summed E-state index contributed by atoms with van der Waals surface area (Å²) in [5.74, 6) is 0.789. The molecule has 1 aliphatic heterocycles. The Morgan fingerprint density at radius 2 is 1.85 bits per heavy atom. The molecule has 0 bridgehead atoms. The molecule has 0 amide bonds. The van der Waals surface area contributed by atoms with E-state index in [2.05, 4.69) is 24.1 Å². The van der Waals surface area contributed by atoms with E-state index < -0.39 is 0 Å². The van der Waals surface area contributed by atoms with E-state index in [4.69, 9.17) is 9.47 Å². The van der Waals surface area contributed by atoms with Crippen molar-refractivity contribution in [2.75, 3.05) is 53.1 Å². The fraction of sp³-hybridized carbons (Fsp3) is 1.00. The topological polar surface area (TPSA) is 33.7 Å². The van der Waals surface area contributed by atoms with Gasteiger partial charge in [0.25, 0.3) is 0 Å². The summed E-state index contributed by atoms with van der Waals surface area (Å²) < 4.78 is 10.4. The van der Waals surface area contributed by atoms with Crippen molar-refractivity contribution in [3.8, 4) is 0 Å². The number of unbranched alkanes of at least 4 members (excludes halogenated alkanes) is 1. The van der Waals surface area contributed by atoms with E-state index in [1.54, 1.807) is 7.11 Å². The van der Waals surface area contributed by atoms with Crippen LogP contribution < -0.4 is 5.32 Å². The Labute approximate surface area is 125 Å². The van der Waals surface area contributed by atoms with E-state index >= 15 is 0 Å². The predicted molar refractivity (Wildman–Crippen MR) is 84.2 cm³/mol. The van der Waals surface area contributed by atoms with Gasteiger partial charge in [-0.05, 0) is 51.2 Å². The van der Waals surface area contributed by atoms with Crippen molar-refractivity contribution >= 4 is 0 Å². The summed E-state index contributed by atoms with van der Waals surface area (Å²) in [5, 5.41) is 3.69. The summed E-state index contributed by atoms with van der Waals surface area (Å²) in [7, 11) is 1.71. The molecule has 1 aliphatic rings. The highest BCUT2D eigenvalue weighted by atomic mass is 16.5. The summed E-state index contributed by atoms with van der Waals surface area (Å²) in [6.45, 7) is 11.8. The highest BCUT2D eigenvalue weighted by Crippen LogP contribution is 2.12. The molecular weight excluding hydrogens is 252 g/mol. The van der Waals surface area contributed by atoms with Gasteiger partial charge in [-0.1, -0.05) is 13.8 Å². The maximum absolute atomic E-state index is 5.46. The smallest absolute Gasteiger partial charge is 0.0700 e. The second-order valence-corrected chi connectivity index (χ2v) is 6.24. The number of methoxy groups -OCH3 is 1. The van der Waals surface area contributed by atoms with Gasteiger partial charge in [-0.2, -0.15) is 0 Å². The van der Waals surface area contributed by atoms with Gasteiger partial charge in [-0.15, -0.1) is 0 Å². The highest BCUT2D eigenvalue weighted by molar-refractivity contribution is 4.77. The van der Waals surface area contributed by atoms with Crippen molar-refractivity contribution in [1.29, 1.82) is 0 Å². The van der Waals surface area contributed by atoms with Crippen LogP contribution in [-0.2, 0) is 9.47 Å². The monoisotopic (exact) mass is 286 g/mol. The zero-order valence-corrected chi connectivity index (χ0v) is 13.7. The second kappa shape index (κ2) is 11.5. The molecular formula is C16H34N2O2. The number of nitrogens with one attached hydrogen (secondary N) is 1. The molecule has 4 heteroatoms. The normalized spacial score (nSPS) is 18.0. The average Bonchev–Trinajstić information content (AvgIpc) is 2.43. The standard InChI is InChI=1S/C16H34N2O2/c1-15(2)14-18-9-6-16(7-10-18)17-8-4-5-11-20-13-12-19-3/h15-17H,4-14H2,1-3H3. The van der Waals surface area contributed by atoms with E-state index in [9.17, 15) is 0 Å². The average molecular weight is 286 g/mol. The Balaban J connectivity index is 1.89. The van der Waals surface area contributed by atoms with Gasteiger partial charge >= 0.3 is 0 Å². The second-order valence-electron chi connectivity index (χ2n) is 6.24. The number of nitrogens with zero attached hydrogens (tertiary/aromatic N) is 1. The molecule has 1 fully saturated rings. The number of rotatable bonds is 11. The van der Waals surface area contributed by atoms with Crippen LogP contribution in [0, 0.1) is 5.92 Å². The molecule has 0 unspecified atom stereocenters. The Kier molecular flexibility index (Phi) is 10.3. The van der Waals surface area contributed by atoms with Gasteiger partial charge in [0.15, 0.2) is 0 Å². The molecule has 20 heavy (non-hydrogen) atoms. The van der Waals surface area contributed by atoms with E-state index in [0.29, 0.717) is 6.61 Å². The Bertz CT molecular complexity index is 217. The Morgan fingerprint density at radius 3 is 2.50 bits per heavy atom. The van der Waals surface area contributed by atoms with Crippen molar-refractivity contribution in [2.45, 2.75) is 45.6 Å². The van der Waals surface area contributed by atoms with E-state index in [1.807, 2.05) is 0 Å². The minimum Gasteiger partial charge on any atom is -0.382 e. The van der Waals surface area contributed by atoms with Gasteiger partial charge in [0.2, 0.25) is 0 Å². The zero-order chi connectivity index (χ0) is 14.6. The van der Waals surface area contributed by atoms with Crippen LogP contribution in [0.25, 0.3) is 0 Å². The fourth-order valence-corrected chi connectivity index (χ4v) is 2.72. The highest BCUT2D eigenvalue weighted by Gasteiger charge is 2.18. The number of hydrogen-bond donors (Lipinski definition) is 1. The molecule has 0 spiro atoms. The molecule has 0 aromatic carbocycles. The van der Waals surface area contributed by atoms with Crippen LogP contribution in [0.4, 0.5) is 0 Å². The van der Waals surface area contributed by atoms with Crippen LogP contribution in [0.1, 0.15) is 39.5 Å². The first-order valence-corrected chi connectivity index (χ1v) is 8.24. The first kappa shape index (κ1) is 17.9. The summed E-state index contributed by atoms with van der Waals surface area (Å²) in [6.07, 6.45) is 4.95. The summed E-state index contributed by atoms with van der Waals surface area (Å²) in [5.41, 5.74) is 0. The number of likely N-dealkylation sites (tertiary alicyclic amines) is 1. The molecule has 1 saturated heterocycles. The van der Waals surface area contributed by atoms with Gasteiger partial charge in [0.05, 0.1) is 13.2 Å². The van der Waals surface area contributed by atoms with Crippen LogP contribution >= 0.6 is 0 Å². The van der Waals surface area contributed by atoms with Gasteiger partial charge in [0, 0.05) is 26.3 Å². The molecule has 0 radical (unpaired) electrons. The molecule has 4 nitrogen and oxygen atoms in total. The largest absolute Gasteiger partial charge is 0.382 e. The van der Waals surface area contributed by atoms with Gasteiger partial charge in [0.1, 0.15) is 0 Å². The zero-order valence-electron chi connectivity index (χ0n) is 13.7. The number of piperidine rings is 1. The van der Waals surface area contributed by atoms with E-state index in [1.165, 1.54) is 38.9 Å². The lowest BCUT2D eigenvalue weighted by Crippen LogP contribution is -2.43. The van der Waals surface area contributed by atoms with Gasteiger partial charge in [-0.25, -0.2) is 0 Å². The van der Waals surface area contributed by atoms with Gasteiger partial charge in [-0.3, -0.25) is 0 Å². The molecule has 0 atom stereocenters. The number of hydrogen-bond acceptors (Lipinski definition) is 4. The minimum absolute atomic E-state index is 0.702. The molecule has 1 heterocycles. The van der Waals surface area contributed by atoms with Crippen LogP contribution in [0.5, 0.6) is 0 Å². The van der Waals surface area contributed by atoms with Crippen LogP contribution in [-0.4, -0.2) is 64.1 Å². The minimum atomic E-state index is 0.702. The first-order valence-electron chi connectivity index (χ1n) is 8.24. The Hall–Kier alpha value is -0.160. The van der Waals surface area contributed by atoms with Crippen LogP contribution in [0.3, 0.4) is 0 Å². The Morgan fingerprint density at radius 1 is 1.10 bits per heavy atom. The maximum Gasteiger partial charge on any atom is 0.0700 e. The van der Waals surface area contributed by atoms with Crippen LogP contribution in [0.15, 0.2) is 0 Å². The van der Waals surface area contributed by atoms with Crippen molar-refractivity contribution in [3.05, 3.63) is 0 Å². The summed E-state index contributed by atoms with van der Waals surface area (Å²) in [4.78, 5) is 2.60. The number of ether oxygens (including phenoxy) is 2.